The quantitative estimate of drug-likeness (QED) is 0.798. The van der Waals surface area contributed by atoms with Crippen molar-refractivity contribution in [2.75, 3.05) is 0 Å². The highest BCUT2D eigenvalue weighted by Gasteiger charge is 2.18. The summed E-state index contributed by atoms with van der Waals surface area (Å²) in [7, 11) is 0. The Morgan fingerprint density at radius 3 is 2.60 bits per heavy atom. The maximum atomic E-state index is 10.2. The Kier molecular flexibility index (Phi) is 3.58. The fourth-order valence-corrected chi connectivity index (χ4v) is 1.97. The van der Waals surface area contributed by atoms with E-state index in [1.807, 2.05) is 24.3 Å². The Bertz CT molecular complexity index is 698. The van der Waals surface area contributed by atoms with Crippen molar-refractivity contribution in [3.63, 3.8) is 0 Å². The van der Waals surface area contributed by atoms with Crippen LogP contribution in [0.3, 0.4) is 0 Å². The fraction of sp³-hybridized carbons (Fsp3) is 0.0714. The van der Waals surface area contributed by atoms with Gasteiger partial charge in [-0.1, -0.05) is 35.5 Å². The first-order chi connectivity index (χ1) is 9.74. The molecule has 6 heteroatoms. The number of pyridine rings is 1. The van der Waals surface area contributed by atoms with Gasteiger partial charge in [-0.2, -0.15) is 4.98 Å². The van der Waals surface area contributed by atoms with Crippen LogP contribution in [-0.4, -0.2) is 20.2 Å². The SMILES string of the molecule is OC(c1ccccc1)c1nc(-c2ccc(Br)cn2)no1. The van der Waals surface area contributed by atoms with Gasteiger partial charge in [0.1, 0.15) is 5.69 Å². The van der Waals surface area contributed by atoms with Gasteiger partial charge >= 0.3 is 0 Å². The predicted molar refractivity (Wildman–Crippen MR) is 75.7 cm³/mol. The van der Waals surface area contributed by atoms with Crippen LogP contribution >= 0.6 is 15.9 Å². The number of benzene rings is 1. The fourth-order valence-electron chi connectivity index (χ4n) is 1.74. The maximum Gasteiger partial charge on any atom is 0.260 e. The number of hydrogen-bond donors (Lipinski definition) is 1. The monoisotopic (exact) mass is 331 g/mol. The van der Waals surface area contributed by atoms with E-state index in [1.54, 1.807) is 24.4 Å². The van der Waals surface area contributed by atoms with Crippen LogP contribution < -0.4 is 0 Å². The van der Waals surface area contributed by atoms with Gasteiger partial charge in [0.25, 0.3) is 5.89 Å². The summed E-state index contributed by atoms with van der Waals surface area (Å²) in [4.78, 5) is 8.36. The number of aliphatic hydroxyl groups excluding tert-OH is 1. The van der Waals surface area contributed by atoms with Gasteiger partial charge in [0.05, 0.1) is 0 Å². The predicted octanol–water partition coefficient (Wildman–Crippen LogP) is 2.98. The molecule has 0 saturated carbocycles. The molecule has 1 atom stereocenters. The Hall–Kier alpha value is -2.05. The normalized spacial score (nSPS) is 12.3. The molecular weight excluding hydrogens is 322 g/mol. The molecule has 1 unspecified atom stereocenters. The van der Waals surface area contributed by atoms with Gasteiger partial charge in [0.15, 0.2) is 6.10 Å². The second-order valence-corrected chi connectivity index (χ2v) is 5.05. The Labute approximate surface area is 123 Å². The first-order valence-electron chi connectivity index (χ1n) is 5.92. The minimum atomic E-state index is -0.937. The van der Waals surface area contributed by atoms with Gasteiger partial charge in [0.2, 0.25) is 5.82 Å². The molecule has 0 aliphatic carbocycles. The molecular formula is C14H10BrN3O2. The van der Waals surface area contributed by atoms with Crippen molar-refractivity contribution >= 4 is 15.9 Å². The van der Waals surface area contributed by atoms with Crippen LogP contribution in [0.4, 0.5) is 0 Å². The van der Waals surface area contributed by atoms with Crippen molar-refractivity contribution in [1.29, 1.82) is 0 Å². The van der Waals surface area contributed by atoms with Gasteiger partial charge < -0.3 is 9.63 Å². The first kappa shape index (κ1) is 13.0. The third-order valence-electron chi connectivity index (χ3n) is 2.75. The summed E-state index contributed by atoms with van der Waals surface area (Å²) in [6, 6.07) is 12.8. The molecule has 100 valence electrons. The molecule has 3 aromatic rings. The molecule has 0 radical (unpaired) electrons. The van der Waals surface area contributed by atoms with Crippen LogP contribution in [0, 0.1) is 0 Å². The zero-order valence-electron chi connectivity index (χ0n) is 10.3. The second kappa shape index (κ2) is 5.52. The molecule has 2 aromatic heterocycles. The molecule has 3 rings (SSSR count). The van der Waals surface area contributed by atoms with E-state index in [2.05, 4.69) is 31.1 Å². The van der Waals surface area contributed by atoms with Crippen molar-refractivity contribution < 1.29 is 9.63 Å². The van der Waals surface area contributed by atoms with Crippen molar-refractivity contribution in [2.24, 2.45) is 0 Å². The van der Waals surface area contributed by atoms with Gasteiger partial charge in [-0.3, -0.25) is 4.98 Å². The molecule has 0 amide bonds. The molecule has 2 heterocycles. The van der Waals surface area contributed by atoms with Crippen LogP contribution in [0.25, 0.3) is 11.5 Å². The van der Waals surface area contributed by atoms with Gasteiger partial charge in [0, 0.05) is 10.7 Å². The number of aliphatic hydroxyl groups is 1. The highest BCUT2D eigenvalue weighted by molar-refractivity contribution is 9.10. The molecule has 0 fully saturated rings. The summed E-state index contributed by atoms with van der Waals surface area (Å²) < 4.78 is 5.97. The van der Waals surface area contributed by atoms with Crippen LogP contribution in [-0.2, 0) is 0 Å². The van der Waals surface area contributed by atoms with Crippen LogP contribution in [0.5, 0.6) is 0 Å². The smallest absolute Gasteiger partial charge is 0.260 e. The van der Waals surface area contributed by atoms with Crippen molar-refractivity contribution in [1.82, 2.24) is 15.1 Å². The van der Waals surface area contributed by atoms with Gasteiger partial charge in [-0.15, -0.1) is 0 Å². The van der Waals surface area contributed by atoms with Crippen molar-refractivity contribution in [3.8, 4) is 11.5 Å². The van der Waals surface area contributed by atoms with Crippen LogP contribution in [0.2, 0.25) is 0 Å². The van der Waals surface area contributed by atoms with E-state index < -0.39 is 6.10 Å². The lowest BCUT2D eigenvalue weighted by Gasteiger charge is -2.04. The summed E-state index contributed by atoms with van der Waals surface area (Å²) in [6.45, 7) is 0. The average molecular weight is 332 g/mol. The van der Waals surface area contributed by atoms with Gasteiger partial charge in [-0.05, 0) is 33.6 Å². The molecule has 0 bridgehead atoms. The summed E-state index contributed by atoms with van der Waals surface area (Å²) in [5.74, 6) is 0.499. The van der Waals surface area contributed by atoms with E-state index in [9.17, 15) is 5.11 Å². The topological polar surface area (TPSA) is 72.0 Å². The maximum absolute atomic E-state index is 10.2. The van der Waals surface area contributed by atoms with Crippen LogP contribution in [0.1, 0.15) is 17.6 Å². The molecule has 0 aliphatic rings. The van der Waals surface area contributed by atoms with E-state index in [1.165, 1.54) is 0 Å². The Balaban J connectivity index is 1.89. The number of hydrogen-bond acceptors (Lipinski definition) is 5. The second-order valence-electron chi connectivity index (χ2n) is 4.13. The summed E-state index contributed by atoms with van der Waals surface area (Å²) >= 11 is 3.31. The summed E-state index contributed by atoms with van der Waals surface area (Å²) in [5, 5.41) is 14.0. The zero-order chi connectivity index (χ0) is 13.9. The molecule has 5 nitrogen and oxygen atoms in total. The summed E-state index contributed by atoms with van der Waals surface area (Å²) in [5.41, 5.74) is 1.29. The molecule has 0 saturated heterocycles. The van der Waals surface area contributed by atoms with E-state index >= 15 is 0 Å². The third kappa shape index (κ3) is 2.61. The van der Waals surface area contributed by atoms with Crippen LogP contribution in [0.15, 0.2) is 57.7 Å². The largest absolute Gasteiger partial charge is 0.378 e. The zero-order valence-corrected chi connectivity index (χ0v) is 11.9. The highest BCUT2D eigenvalue weighted by Crippen LogP contribution is 2.22. The van der Waals surface area contributed by atoms with E-state index in [4.69, 9.17) is 4.52 Å². The number of nitrogens with zero attached hydrogens (tertiary/aromatic N) is 3. The number of aromatic nitrogens is 3. The van der Waals surface area contributed by atoms with Crippen molar-refractivity contribution in [2.45, 2.75) is 6.10 Å². The Morgan fingerprint density at radius 2 is 1.90 bits per heavy atom. The first-order valence-corrected chi connectivity index (χ1v) is 6.72. The molecule has 0 aliphatic heterocycles. The minimum absolute atomic E-state index is 0.149. The standard InChI is InChI=1S/C14H10BrN3O2/c15-10-6-7-11(16-8-10)13-17-14(20-18-13)12(19)9-4-2-1-3-5-9/h1-8,12,19H. The average Bonchev–Trinajstić information content (AvgIpc) is 2.98. The van der Waals surface area contributed by atoms with E-state index in [0.717, 1.165) is 4.47 Å². The third-order valence-corrected chi connectivity index (χ3v) is 3.22. The minimum Gasteiger partial charge on any atom is -0.378 e. The molecule has 0 spiro atoms. The van der Waals surface area contributed by atoms with E-state index in [-0.39, 0.29) is 5.89 Å². The highest BCUT2D eigenvalue weighted by atomic mass is 79.9. The Morgan fingerprint density at radius 1 is 1.10 bits per heavy atom. The van der Waals surface area contributed by atoms with Gasteiger partial charge in [-0.25, -0.2) is 0 Å². The molecule has 1 aromatic carbocycles. The number of halogens is 1. The molecule has 20 heavy (non-hydrogen) atoms. The molecule has 1 N–H and O–H groups in total. The lowest BCUT2D eigenvalue weighted by atomic mass is 10.1. The van der Waals surface area contributed by atoms with E-state index in [0.29, 0.717) is 17.1 Å². The number of rotatable bonds is 3. The lowest BCUT2D eigenvalue weighted by molar-refractivity contribution is 0.170. The van der Waals surface area contributed by atoms with Crippen molar-refractivity contribution in [3.05, 3.63) is 64.6 Å². The summed E-state index contributed by atoms with van der Waals surface area (Å²) in [6.07, 6.45) is 0.715. The lowest BCUT2D eigenvalue weighted by Crippen LogP contribution is -1.99.